The molecule has 3 N–H and O–H groups in total. The number of rotatable bonds is 2. The molecule has 7 atom stereocenters. The van der Waals surface area contributed by atoms with Gasteiger partial charge >= 0.3 is 6.09 Å². The number of ketones is 1. The van der Waals surface area contributed by atoms with Crippen molar-refractivity contribution in [3.8, 4) is 11.8 Å². The number of carboxylic acid groups (broad SMARTS) is 1. The maximum Gasteiger partial charge on any atom is 0.409 e. The van der Waals surface area contributed by atoms with Crippen molar-refractivity contribution in [3.05, 3.63) is 41.5 Å². The Hall–Kier alpha value is -2.58. The molecule has 1 aromatic rings. The fourth-order valence-electron chi connectivity index (χ4n) is 8.09. The minimum absolute atomic E-state index is 0.174. The Morgan fingerprint density at radius 3 is 2.47 bits per heavy atom. The average Bonchev–Trinajstić information content (AvgIpc) is 3.07. The zero-order chi connectivity index (χ0) is 25.9. The third-order valence-corrected chi connectivity index (χ3v) is 9.69. The molecule has 4 aliphatic carbocycles. The summed E-state index contributed by atoms with van der Waals surface area (Å²) in [5.41, 5.74) is 1.57. The van der Waals surface area contributed by atoms with E-state index in [1.165, 1.54) is 11.1 Å². The Labute approximate surface area is 214 Å². The fraction of sp³-hybridized carbons (Fsp3) is 0.613. The monoisotopic (exact) mass is 489 g/mol. The fourth-order valence-corrected chi connectivity index (χ4v) is 8.09. The molecule has 36 heavy (non-hydrogen) atoms. The van der Waals surface area contributed by atoms with Crippen molar-refractivity contribution in [2.45, 2.75) is 84.2 Å². The number of anilines is 1. The zero-order valence-corrected chi connectivity index (χ0v) is 21.9. The number of allylic oxidation sites excluding steroid dienone is 1. The van der Waals surface area contributed by atoms with Crippen LogP contribution >= 0.6 is 0 Å². The molecule has 5 heteroatoms. The molecule has 0 heterocycles. The highest BCUT2D eigenvalue weighted by atomic mass is 16.4. The van der Waals surface area contributed by atoms with E-state index in [1.54, 1.807) is 0 Å². The SMILES string of the molecule is CC(C)(C)C#C[C@]1(O)CC[C@H]2[C@@H]3CCC4=CC(=O)CC[C@@H]4[C@H]3[C@@H](c3ccc(NC(=O)O)cc3)C[C@@]21C. The maximum absolute atomic E-state index is 12.2. The molecule has 0 saturated heterocycles. The highest BCUT2D eigenvalue weighted by Crippen LogP contribution is 2.68. The maximum atomic E-state index is 12.2. The van der Waals surface area contributed by atoms with E-state index in [0.29, 0.717) is 42.2 Å². The minimum Gasteiger partial charge on any atom is -0.465 e. The number of benzene rings is 1. The molecular weight excluding hydrogens is 450 g/mol. The quantitative estimate of drug-likeness (QED) is 0.420. The van der Waals surface area contributed by atoms with Crippen LogP contribution in [-0.2, 0) is 4.79 Å². The number of carbonyl (C=O) groups excluding carboxylic acids is 1. The first kappa shape index (κ1) is 25.1. The van der Waals surface area contributed by atoms with Gasteiger partial charge in [0.1, 0.15) is 5.60 Å². The summed E-state index contributed by atoms with van der Waals surface area (Å²) in [7, 11) is 0. The molecule has 4 aliphatic rings. The van der Waals surface area contributed by atoms with Crippen LogP contribution in [0.2, 0.25) is 0 Å². The van der Waals surface area contributed by atoms with Gasteiger partial charge in [-0.3, -0.25) is 10.1 Å². The van der Waals surface area contributed by atoms with Gasteiger partial charge in [0.2, 0.25) is 0 Å². The summed E-state index contributed by atoms with van der Waals surface area (Å²) < 4.78 is 0. The third kappa shape index (κ3) is 4.28. The second-order valence-corrected chi connectivity index (χ2v) is 12.9. The van der Waals surface area contributed by atoms with Gasteiger partial charge in [0.15, 0.2) is 5.78 Å². The lowest BCUT2D eigenvalue weighted by Gasteiger charge is -2.58. The summed E-state index contributed by atoms with van der Waals surface area (Å²) in [4.78, 5) is 23.4. The Kier molecular flexibility index (Phi) is 6.11. The van der Waals surface area contributed by atoms with E-state index in [4.69, 9.17) is 5.11 Å². The van der Waals surface area contributed by atoms with Gasteiger partial charge in [0.05, 0.1) is 0 Å². The van der Waals surface area contributed by atoms with E-state index in [9.17, 15) is 14.7 Å². The van der Waals surface area contributed by atoms with Crippen LogP contribution in [0.4, 0.5) is 10.5 Å². The van der Waals surface area contributed by atoms with Crippen LogP contribution in [0.5, 0.6) is 0 Å². The lowest BCUT2D eigenvalue weighted by Crippen LogP contribution is -2.54. The van der Waals surface area contributed by atoms with Crippen molar-refractivity contribution >= 4 is 17.6 Å². The van der Waals surface area contributed by atoms with E-state index in [1.807, 2.05) is 18.2 Å². The first-order valence-electron chi connectivity index (χ1n) is 13.5. The molecule has 5 rings (SSSR count). The van der Waals surface area contributed by atoms with E-state index in [-0.39, 0.29) is 22.5 Å². The van der Waals surface area contributed by atoms with Crippen molar-refractivity contribution in [1.82, 2.24) is 0 Å². The van der Waals surface area contributed by atoms with Gasteiger partial charge in [-0.1, -0.05) is 36.5 Å². The van der Waals surface area contributed by atoms with Crippen LogP contribution in [-0.4, -0.2) is 27.7 Å². The molecule has 0 aromatic heterocycles. The Bertz CT molecular complexity index is 1150. The molecule has 5 nitrogen and oxygen atoms in total. The number of fused-ring (bicyclic) bond motifs is 5. The van der Waals surface area contributed by atoms with Gasteiger partial charge in [0.25, 0.3) is 0 Å². The lowest BCUT2D eigenvalue weighted by molar-refractivity contribution is -0.117. The molecule has 1 aromatic carbocycles. The number of amides is 1. The summed E-state index contributed by atoms with van der Waals surface area (Å²) in [5, 5.41) is 23.6. The highest BCUT2D eigenvalue weighted by Gasteiger charge is 2.64. The van der Waals surface area contributed by atoms with E-state index < -0.39 is 11.7 Å². The van der Waals surface area contributed by atoms with Gasteiger partial charge in [-0.2, -0.15) is 0 Å². The van der Waals surface area contributed by atoms with Crippen molar-refractivity contribution in [2.75, 3.05) is 5.32 Å². The molecule has 0 spiro atoms. The Balaban J connectivity index is 1.57. The minimum atomic E-state index is -1.07. The number of nitrogens with one attached hydrogen (secondary N) is 1. The molecule has 0 bridgehead atoms. The molecule has 192 valence electrons. The van der Waals surface area contributed by atoms with Crippen molar-refractivity contribution in [2.24, 2.45) is 34.5 Å². The van der Waals surface area contributed by atoms with Crippen LogP contribution in [0, 0.1) is 46.3 Å². The standard InChI is InChI=1S/C31H39NO4/c1-29(2,3)15-16-31(36)14-13-26-24-11-7-20-17-22(33)10-12-23(20)27(24)25(18-30(26,31)4)19-5-8-21(9-6-19)32-28(34)35/h5-6,8-9,17,23-27,32,36H,7,10-14,18H2,1-4H3,(H,34,35)/t23-,24-,25+,26-,27+,30-,31+/m0/s1. The van der Waals surface area contributed by atoms with Crippen molar-refractivity contribution in [3.63, 3.8) is 0 Å². The topological polar surface area (TPSA) is 86.6 Å². The summed E-state index contributed by atoms with van der Waals surface area (Å²) in [6.45, 7) is 8.53. The van der Waals surface area contributed by atoms with Crippen molar-refractivity contribution < 1.29 is 19.8 Å². The Morgan fingerprint density at radius 2 is 1.81 bits per heavy atom. The first-order chi connectivity index (χ1) is 16.9. The first-order valence-corrected chi connectivity index (χ1v) is 13.5. The summed E-state index contributed by atoms with van der Waals surface area (Å²) in [6, 6.07) is 7.79. The zero-order valence-electron chi connectivity index (χ0n) is 21.9. The molecule has 0 unspecified atom stereocenters. The smallest absolute Gasteiger partial charge is 0.409 e. The summed E-state index contributed by atoms with van der Waals surface area (Å²) >= 11 is 0. The van der Waals surface area contributed by atoms with Crippen LogP contribution in [0.25, 0.3) is 0 Å². The van der Waals surface area contributed by atoms with E-state index in [0.717, 1.165) is 32.1 Å². The number of hydrogen-bond donors (Lipinski definition) is 3. The molecular formula is C31H39NO4. The second kappa shape index (κ2) is 8.77. The van der Waals surface area contributed by atoms with Crippen LogP contribution in [0.3, 0.4) is 0 Å². The molecule has 3 fully saturated rings. The predicted octanol–water partition coefficient (Wildman–Crippen LogP) is 6.39. The van der Waals surface area contributed by atoms with Gasteiger partial charge in [-0.05, 0) is 113 Å². The molecule has 0 aliphatic heterocycles. The largest absolute Gasteiger partial charge is 0.465 e. The molecule has 3 saturated carbocycles. The van der Waals surface area contributed by atoms with Gasteiger partial charge in [-0.15, -0.1) is 0 Å². The Morgan fingerprint density at radius 1 is 1.08 bits per heavy atom. The number of hydrogen-bond acceptors (Lipinski definition) is 3. The van der Waals surface area contributed by atoms with E-state index >= 15 is 0 Å². The third-order valence-electron chi connectivity index (χ3n) is 9.69. The predicted molar refractivity (Wildman–Crippen MR) is 140 cm³/mol. The van der Waals surface area contributed by atoms with E-state index in [2.05, 4.69) is 57.0 Å². The second-order valence-electron chi connectivity index (χ2n) is 12.9. The van der Waals surface area contributed by atoms with Crippen LogP contribution in [0.15, 0.2) is 35.9 Å². The van der Waals surface area contributed by atoms with Gasteiger partial charge < -0.3 is 10.2 Å². The summed E-state index contributed by atoms with van der Waals surface area (Å²) in [5.74, 6) is 8.92. The lowest BCUT2D eigenvalue weighted by atomic mass is 9.46. The average molecular weight is 490 g/mol. The van der Waals surface area contributed by atoms with Gasteiger partial charge in [-0.25, -0.2) is 4.79 Å². The number of aliphatic hydroxyl groups is 1. The van der Waals surface area contributed by atoms with Crippen molar-refractivity contribution in [1.29, 1.82) is 0 Å². The molecule has 0 radical (unpaired) electrons. The normalized spacial score (nSPS) is 37.5. The van der Waals surface area contributed by atoms with Crippen LogP contribution < -0.4 is 5.32 Å². The van der Waals surface area contributed by atoms with Gasteiger partial charge in [0, 0.05) is 22.9 Å². The number of carbonyl (C=O) groups is 2. The van der Waals surface area contributed by atoms with Crippen LogP contribution in [0.1, 0.15) is 84.1 Å². The molecule has 1 amide bonds. The highest BCUT2D eigenvalue weighted by molar-refractivity contribution is 5.91. The summed E-state index contributed by atoms with van der Waals surface area (Å²) in [6.07, 6.45) is 6.97.